The van der Waals surface area contributed by atoms with E-state index in [0.29, 0.717) is 33.9 Å². The van der Waals surface area contributed by atoms with Gasteiger partial charge >= 0.3 is 0 Å². The summed E-state index contributed by atoms with van der Waals surface area (Å²) in [5.41, 5.74) is 3.22. The summed E-state index contributed by atoms with van der Waals surface area (Å²) in [6.45, 7) is -0.126. The predicted octanol–water partition coefficient (Wildman–Crippen LogP) is 5.33. The Morgan fingerprint density at radius 3 is 2.64 bits per heavy atom. The van der Waals surface area contributed by atoms with Crippen LogP contribution < -0.4 is 5.32 Å². The lowest BCUT2D eigenvalue weighted by molar-refractivity contribution is 0.0915. The van der Waals surface area contributed by atoms with Crippen LogP contribution in [0.3, 0.4) is 0 Å². The number of hydrogen-bond donors (Lipinski definition) is 2. The Hall–Kier alpha value is -2.87. The van der Waals surface area contributed by atoms with Crippen LogP contribution in [0.15, 0.2) is 66.7 Å². The van der Waals surface area contributed by atoms with Crippen LogP contribution in [0.25, 0.3) is 27.8 Å². The number of fused-ring (bicyclic) bond motifs is 1. The van der Waals surface area contributed by atoms with Crippen molar-refractivity contribution in [2.75, 3.05) is 18.6 Å². The largest absolute Gasteiger partial charge is 0.394 e. The molecule has 0 spiro atoms. The summed E-state index contributed by atoms with van der Waals surface area (Å²) in [6.07, 6.45) is 2.66. The second-order valence-electron chi connectivity index (χ2n) is 7.58. The molecule has 0 unspecified atom stereocenters. The smallest absolute Gasteiger partial charge is 0.251 e. The summed E-state index contributed by atoms with van der Waals surface area (Å²) in [7, 11) is 0. The van der Waals surface area contributed by atoms with Crippen molar-refractivity contribution in [3.8, 4) is 16.9 Å². The van der Waals surface area contributed by atoms with Crippen molar-refractivity contribution in [2.24, 2.45) is 0 Å². The number of thioether (sulfide) groups is 1. The zero-order valence-corrected chi connectivity index (χ0v) is 19.5. The Bertz CT molecular complexity index is 1280. The van der Waals surface area contributed by atoms with Crippen LogP contribution >= 0.6 is 23.4 Å². The standard InChI is InChI=1S/C25H23ClFN3O2S/c1-33-13-12-18(15-31)28-25(32)16-6-11-21-23(14-16)30(19-9-7-17(27)8-10-19)29-24(21)20-4-2-3-5-22(20)26/h2-11,14,18,31H,12-13,15H2,1H3,(H,28,32)/t18-/m0/s1. The summed E-state index contributed by atoms with van der Waals surface area (Å²) in [6, 6.07) is 18.4. The molecule has 4 rings (SSSR count). The maximum atomic E-state index is 13.5. The molecule has 0 aliphatic carbocycles. The zero-order chi connectivity index (χ0) is 23.4. The molecule has 1 atom stereocenters. The van der Waals surface area contributed by atoms with E-state index in [2.05, 4.69) is 5.32 Å². The number of rotatable bonds is 8. The van der Waals surface area contributed by atoms with Gasteiger partial charge in [0.25, 0.3) is 5.91 Å². The fourth-order valence-electron chi connectivity index (χ4n) is 3.63. The van der Waals surface area contributed by atoms with Gasteiger partial charge in [-0.25, -0.2) is 9.07 Å². The number of nitrogens with zero attached hydrogens (tertiary/aromatic N) is 2. The second kappa shape index (κ2) is 10.4. The minimum Gasteiger partial charge on any atom is -0.394 e. The van der Waals surface area contributed by atoms with Gasteiger partial charge in [-0.3, -0.25) is 4.79 Å². The molecule has 1 amide bonds. The lowest BCUT2D eigenvalue weighted by Gasteiger charge is -2.16. The number of benzene rings is 3. The van der Waals surface area contributed by atoms with Gasteiger partial charge in [0.1, 0.15) is 11.5 Å². The summed E-state index contributed by atoms with van der Waals surface area (Å²) in [4.78, 5) is 12.9. The lowest BCUT2D eigenvalue weighted by atomic mass is 10.1. The second-order valence-corrected chi connectivity index (χ2v) is 8.98. The molecule has 1 aromatic heterocycles. The van der Waals surface area contributed by atoms with Gasteiger partial charge in [0.05, 0.1) is 28.9 Å². The summed E-state index contributed by atoms with van der Waals surface area (Å²) in [5.74, 6) is 0.216. The molecule has 8 heteroatoms. The monoisotopic (exact) mass is 483 g/mol. The average Bonchev–Trinajstić information content (AvgIpc) is 3.21. The van der Waals surface area contributed by atoms with E-state index in [1.807, 2.05) is 30.5 Å². The van der Waals surface area contributed by atoms with Crippen molar-refractivity contribution in [3.05, 3.63) is 83.1 Å². The van der Waals surface area contributed by atoms with Crippen LogP contribution in [0.5, 0.6) is 0 Å². The van der Waals surface area contributed by atoms with E-state index in [4.69, 9.17) is 16.7 Å². The maximum Gasteiger partial charge on any atom is 0.251 e. The van der Waals surface area contributed by atoms with Gasteiger partial charge < -0.3 is 10.4 Å². The first kappa shape index (κ1) is 23.3. The van der Waals surface area contributed by atoms with Crippen molar-refractivity contribution in [1.82, 2.24) is 15.1 Å². The van der Waals surface area contributed by atoms with Crippen LogP contribution in [0.4, 0.5) is 4.39 Å². The minimum absolute atomic E-state index is 0.126. The van der Waals surface area contributed by atoms with E-state index in [1.165, 1.54) is 12.1 Å². The van der Waals surface area contributed by atoms with Crippen LogP contribution in [-0.2, 0) is 0 Å². The van der Waals surface area contributed by atoms with E-state index in [0.717, 1.165) is 16.7 Å². The number of carbonyl (C=O) groups excluding carboxylic acids is 1. The van der Waals surface area contributed by atoms with Crippen LogP contribution in [0.1, 0.15) is 16.8 Å². The van der Waals surface area contributed by atoms with E-state index in [9.17, 15) is 14.3 Å². The summed E-state index contributed by atoms with van der Waals surface area (Å²) < 4.78 is 15.2. The van der Waals surface area contributed by atoms with Gasteiger partial charge in [-0.1, -0.05) is 29.8 Å². The van der Waals surface area contributed by atoms with Crippen molar-refractivity contribution >= 4 is 40.2 Å². The van der Waals surface area contributed by atoms with Crippen molar-refractivity contribution < 1.29 is 14.3 Å². The Morgan fingerprint density at radius 2 is 1.94 bits per heavy atom. The molecule has 0 bridgehead atoms. The number of aliphatic hydroxyl groups excluding tert-OH is 1. The van der Waals surface area contributed by atoms with E-state index >= 15 is 0 Å². The number of carbonyl (C=O) groups is 1. The number of hydrogen-bond acceptors (Lipinski definition) is 4. The average molecular weight is 484 g/mol. The Labute approximate surface area is 200 Å². The van der Waals surface area contributed by atoms with Gasteiger partial charge in [-0.05, 0) is 67.0 Å². The van der Waals surface area contributed by atoms with Crippen LogP contribution in [0.2, 0.25) is 5.02 Å². The summed E-state index contributed by atoms with van der Waals surface area (Å²) in [5, 5.41) is 18.6. The Morgan fingerprint density at radius 1 is 1.18 bits per heavy atom. The first-order valence-electron chi connectivity index (χ1n) is 10.5. The molecule has 4 aromatic rings. The number of amides is 1. The molecule has 33 heavy (non-hydrogen) atoms. The summed E-state index contributed by atoms with van der Waals surface area (Å²) >= 11 is 8.10. The molecule has 2 N–H and O–H groups in total. The van der Waals surface area contributed by atoms with Crippen molar-refractivity contribution in [2.45, 2.75) is 12.5 Å². The molecule has 0 fully saturated rings. The molecule has 3 aromatic carbocycles. The molecular formula is C25H23ClFN3O2S. The molecule has 0 aliphatic heterocycles. The Kier molecular flexibility index (Phi) is 7.33. The fraction of sp³-hybridized carbons (Fsp3) is 0.200. The van der Waals surface area contributed by atoms with Crippen LogP contribution in [-0.4, -0.2) is 45.5 Å². The van der Waals surface area contributed by atoms with Crippen LogP contribution in [0, 0.1) is 5.82 Å². The Balaban J connectivity index is 1.80. The normalized spacial score (nSPS) is 12.1. The van der Waals surface area contributed by atoms with Crippen molar-refractivity contribution in [3.63, 3.8) is 0 Å². The quantitative estimate of drug-likeness (QED) is 0.355. The molecule has 5 nitrogen and oxygen atoms in total. The van der Waals surface area contributed by atoms with Gasteiger partial charge in [0, 0.05) is 16.5 Å². The van der Waals surface area contributed by atoms with Gasteiger partial charge in [-0.2, -0.15) is 16.9 Å². The molecule has 1 heterocycles. The highest BCUT2D eigenvalue weighted by molar-refractivity contribution is 7.98. The van der Waals surface area contributed by atoms with E-state index < -0.39 is 0 Å². The number of halogens is 2. The minimum atomic E-state index is -0.345. The molecule has 0 saturated carbocycles. The predicted molar refractivity (Wildman–Crippen MR) is 133 cm³/mol. The number of nitrogens with one attached hydrogen (secondary N) is 1. The highest BCUT2D eigenvalue weighted by atomic mass is 35.5. The molecule has 170 valence electrons. The number of aromatic nitrogens is 2. The topological polar surface area (TPSA) is 67.2 Å². The van der Waals surface area contributed by atoms with Gasteiger partial charge in [0.15, 0.2) is 0 Å². The third-order valence-electron chi connectivity index (χ3n) is 5.37. The molecule has 0 saturated heterocycles. The highest BCUT2D eigenvalue weighted by Gasteiger charge is 2.19. The van der Waals surface area contributed by atoms with Gasteiger partial charge in [0.2, 0.25) is 0 Å². The van der Waals surface area contributed by atoms with E-state index in [1.54, 1.807) is 46.8 Å². The lowest BCUT2D eigenvalue weighted by Crippen LogP contribution is -2.37. The van der Waals surface area contributed by atoms with Crippen molar-refractivity contribution in [1.29, 1.82) is 0 Å². The maximum absolute atomic E-state index is 13.5. The first-order chi connectivity index (χ1) is 16.0. The highest BCUT2D eigenvalue weighted by Crippen LogP contribution is 2.34. The number of aliphatic hydroxyl groups is 1. The molecular weight excluding hydrogens is 461 g/mol. The zero-order valence-electron chi connectivity index (χ0n) is 18.0. The SMILES string of the molecule is CSCC[C@@H](CO)NC(=O)c1ccc2c(-c3ccccc3Cl)nn(-c3ccc(F)cc3)c2c1. The first-order valence-corrected chi connectivity index (χ1v) is 12.2. The van der Waals surface area contributed by atoms with Gasteiger partial charge in [-0.15, -0.1) is 0 Å². The molecule has 0 radical (unpaired) electrons. The third-order valence-corrected chi connectivity index (χ3v) is 6.34. The van der Waals surface area contributed by atoms with E-state index in [-0.39, 0.29) is 24.4 Å². The molecule has 0 aliphatic rings. The fourth-order valence-corrected chi connectivity index (χ4v) is 4.37. The third kappa shape index (κ3) is 5.05.